The van der Waals surface area contributed by atoms with Gasteiger partial charge in [0.05, 0.1) is 12.7 Å². The van der Waals surface area contributed by atoms with E-state index in [1.54, 1.807) is 30.3 Å². The summed E-state index contributed by atoms with van der Waals surface area (Å²) in [6.45, 7) is -0.548. The number of nitrogens with zero attached hydrogens (tertiary/aromatic N) is 1. The lowest BCUT2D eigenvalue weighted by Gasteiger charge is -2.40. The molecule has 1 aromatic carbocycles. The van der Waals surface area contributed by atoms with Gasteiger partial charge in [0.2, 0.25) is 0 Å². The van der Waals surface area contributed by atoms with Gasteiger partial charge in [-0.2, -0.15) is 5.26 Å². The molecular weight excluding hydrogens is 278 g/mol. The molecule has 0 aliphatic carbocycles. The first-order valence-electron chi connectivity index (χ1n) is 6.49. The Morgan fingerprint density at radius 1 is 1.14 bits per heavy atom. The highest BCUT2D eigenvalue weighted by molar-refractivity contribution is 5.22. The number of aliphatic hydroxyl groups is 4. The Morgan fingerprint density at radius 3 is 2.38 bits per heavy atom. The van der Waals surface area contributed by atoms with E-state index < -0.39 is 43.4 Å². The highest BCUT2D eigenvalue weighted by Crippen LogP contribution is 2.27. The Labute approximate surface area is 121 Å². The van der Waals surface area contributed by atoms with Crippen molar-refractivity contribution in [3.05, 3.63) is 35.9 Å². The highest BCUT2D eigenvalue weighted by atomic mass is 16.7. The van der Waals surface area contributed by atoms with E-state index in [1.165, 1.54) is 0 Å². The minimum Gasteiger partial charge on any atom is -0.394 e. The van der Waals surface area contributed by atoms with Crippen molar-refractivity contribution in [3.8, 4) is 6.07 Å². The molecule has 0 bridgehead atoms. The second kappa shape index (κ2) is 6.95. The van der Waals surface area contributed by atoms with Gasteiger partial charge >= 0.3 is 0 Å². The maximum Gasteiger partial charge on any atom is 0.188 e. The molecule has 21 heavy (non-hydrogen) atoms. The highest BCUT2D eigenvalue weighted by Gasteiger charge is 2.44. The molecule has 1 aliphatic rings. The summed E-state index contributed by atoms with van der Waals surface area (Å²) in [7, 11) is 0. The van der Waals surface area contributed by atoms with Gasteiger partial charge in [0.25, 0.3) is 0 Å². The third-order valence-electron chi connectivity index (χ3n) is 3.34. The van der Waals surface area contributed by atoms with E-state index in [0.29, 0.717) is 5.56 Å². The zero-order valence-electron chi connectivity index (χ0n) is 11.1. The van der Waals surface area contributed by atoms with Gasteiger partial charge in [-0.25, -0.2) is 0 Å². The Balaban J connectivity index is 2.12. The van der Waals surface area contributed by atoms with Crippen molar-refractivity contribution in [1.82, 2.24) is 0 Å². The standard InChI is InChI=1S/C14H17NO6/c15-6-9(8-4-2-1-3-5-8)20-14-13(19)12(18)11(17)10(7-16)21-14/h1-5,9-14,16-19H,7H2/t9?,10-,11-,12+,13-,14-/m1/s1. The maximum absolute atomic E-state index is 9.86. The van der Waals surface area contributed by atoms with Crippen LogP contribution in [0.25, 0.3) is 0 Å². The molecule has 4 N–H and O–H groups in total. The largest absolute Gasteiger partial charge is 0.394 e. The van der Waals surface area contributed by atoms with Gasteiger partial charge in [-0.1, -0.05) is 30.3 Å². The van der Waals surface area contributed by atoms with Gasteiger partial charge in [0, 0.05) is 0 Å². The summed E-state index contributed by atoms with van der Waals surface area (Å²) in [6, 6.07) is 10.5. The summed E-state index contributed by atoms with van der Waals surface area (Å²) in [5.74, 6) is 0. The average Bonchev–Trinajstić information content (AvgIpc) is 2.53. The molecule has 1 aliphatic heterocycles. The van der Waals surface area contributed by atoms with Crippen molar-refractivity contribution >= 4 is 0 Å². The van der Waals surface area contributed by atoms with Crippen molar-refractivity contribution in [2.24, 2.45) is 0 Å². The van der Waals surface area contributed by atoms with Gasteiger partial charge in [-0.3, -0.25) is 0 Å². The third-order valence-corrected chi connectivity index (χ3v) is 3.34. The van der Waals surface area contributed by atoms with Crippen molar-refractivity contribution in [1.29, 1.82) is 5.26 Å². The van der Waals surface area contributed by atoms with Crippen LogP contribution in [-0.2, 0) is 9.47 Å². The molecule has 1 saturated heterocycles. The molecule has 2 rings (SSSR count). The molecule has 1 unspecified atom stereocenters. The van der Waals surface area contributed by atoms with E-state index in [4.69, 9.17) is 19.8 Å². The van der Waals surface area contributed by atoms with Crippen LogP contribution in [0.2, 0.25) is 0 Å². The summed E-state index contributed by atoms with van der Waals surface area (Å²) >= 11 is 0. The van der Waals surface area contributed by atoms with Crippen molar-refractivity contribution in [2.45, 2.75) is 36.8 Å². The van der Waals surface area contributed by atoms with Crippen LogP contribution >= 0.6 is 0 Å². The van der Waals surface area contributed by atoms with Crippen LogP contribution in [0, 0.1) is 11.3 Å². The number of benzene rings is 1. The Bertz CT molecular complexity index is 488. The lowest BCUT2D eigenvalue weighted by Crippen LogP contribution is -2.59. The quantitative estimate of drug-likeness (QED) is 0.565. The molecule has 1 aromatic rings. The fourth-order valence-corrected chi connectivity index (χ4v) is 2.13. The minimum absolute atomic E-state index is 0.548. The normalized spacial score (nSPS) is 34.1. The van der Waals surface area contributed by atoms with Crippen molar-refractivity contribution < 1.29 is 29.9 Å². The van der Waals surface area contributed by atoms with Crippen LogP contribution in [0.5, 0.6) is 0 Å². The minimum atomic E-state index is -1.53. The van der Waals surface area contributed by atoms with Crippen LogP contribution in [0.3, 0.4) is 0 Å². The first-order valence-corrected chi connectivity index (χ1v) is 6.49. The number of hydrogen-bond donors (Lipinski definition) is 4. The molecule has 7 heteroatoms. The predicted molar refractivity (Wildman–Crippen MR) is 69.6 cm³/mol. The lowest BCUT2D eigenvalue weighted by molar-refractivity contribution is -0.307. The van der Waals surface area contributed by atoms with E-state index in [9.17, 15) is 15.3 Å². The summed E-state index contributed by atoms with van der Waals surface area (Å²) in [5, 5.41) is 47.5. The molecule has 0 aromatic heterocycles. The fraction of sp³-hybridized carbons (Fsp3) is 0.500. The van der Waals surface area contributed by atoms with Crippen LogP contribution < -0.4 is 0 Å². The molecule has 1 fully saturated rings. The molecule has 0 spiro atoms. The zero-order chi connectivity index (χ0) is 15.4. The zero-order valence-corrected chi connectivity index (χ0v) is 11.1. The second-order valence-electron chi connectivity index (χ2n) is 4.75. The molecule has 0 saturated carbocycles. The molecule has 7 nitrogen and oxygen atoms in total. The number of ether oxygens (including phenoxy) is 2. The Hall–Kier alpha value is -1.53. The maximum atomic E-state index is 9.86. The smallest absolute Gasteiger partial charge is 0.188 e. The van der Waals surface area contributed by atoms with E-state index in [2.05, 4.69) is 0 Å². The molecule has 6 atom stereocenters. The Morgan fingerprint density at radius 2 is 1.81 bits per heavy atom. The van der Waals surface area contributed by atoms with Gasteiger partial charge in [-0.05, 0) is 5.56 Å². The van der Waals surface area contributed by atoms with Gasteiger partial charge in [-0.15, -0.1) is 0 Å². The summed E-state index contributed by atoms with van der Waals surface area (Å²) in [6.07, 6.45) is -7.91. The molecule has 0 radical (unpaired) electrons. The van der Waals surface area contributed by atoms with Crippen LogP contribution in [0.15, 0.2) is 30.3 Å². The molecule has 114 valence electrons. The fourth-order valence-electron chi connectivity index (χ4n) is 2.13. The monoisotopic (exact) mass is 295 g/mol. The van der Waals surface area contributed by atoms with E-state index in [-0.39, 0.29) is 0 Å². The van der Waals surface area contributed by atoms with E-state index >= 15 is 0 Å². The predicted octanol–water partition coefficient (Wildman–Crippen LogP) is -0.932. The van der Waals surface area contributed by atoms with Crippen LogP contribution in [0.4, 0.5) is 0 Å². The number of aliphatic hydroxyl groups excluding tert-OH is 4. The van der Waals surface area contributed by atoms with Crippen molar-refractivity contribution in [2.75, 3.05) is 6.61 Å². The molecule has 1 heterocycles. The topological polar surface area (TPSA) is 123 Å². The third kappa shape index (κ3) is 3.39. The Kier molecular flexibility index (Phi) is 5.25. The van der Waals surface area contributed by atoms with Crippen molar-refractivity contribution in [3.63, 3.8) is 0 Å². The second-order valence-corrected chi connectivity index (χ2v) is 4.75. The first kappa shape index (κ1) is 15.9. The lowest BCUT2D eigenvalue weighted by atomic mass is 9.99. The van der Waals surface area contributed by atoms with E-state index in [0.717, 1.165) is 0 Å². The SMILES string of the molecule is N#CC(O[C@@H]1O[C@H](CO)[C@@H](O)[C@H](O)[C@H]1O)c1ccccc1. The molecule has 0 amide bonds. The number of rotatable bonds is 4. The van der Waals surface area contributed by atoms with Crippen LogP contribution in [-0.4, -0.2) is 57.7 Å². The van der Waals surface area contributed by atoms with Gasteiger partial charge in [0.15, 0.2) is 12.4 Å². The number of hydrogen-bond acceptors (Lipinski definition) is 7. The number of nitriles is 1. The van der Waals surface area contributed by atoms with Gasteiger partial charge < -0.3 is 29.9 Å². The average molecular weight is 295 g/mol. The van der Waals surface area contributed by atoms with E-state index in [1.807, 2.05) is 6.07 Å². The summed E-state index contributed by atoms with van der Waals surface area (Å²) < 4.78 is 10.6. The first-order chi connectivity index (χ1) is 10.1. The summed E-state index contributed by atoms with van der Waals surface area (Å²) in [5.41, 5.74) is 0.567. The summed E-state index contributed by atoms with van der Waals surface area (Å²) in [4.78, 5) is 0. The van der Waals surface area contributed by atoms with Gasteiger partial charge in [0.1, 0.15) is 24.4 Å². The van der Waals surface area contributed by atoms with Crippen LogP contribution in [0.1, 0.15) is 11.7 Å². The molecular formula is C14H17NO6.